The van der Waals surface area contributed by atoms with Crippen LogP contribution in [0.1, 0.15) is 23.0 Å². The number of para-hydroxylation sites is 1. The van der Waals surface area contributed by atoms with Crippen LogP contribution in [-0.4, -0.2) is 25.4 Å². The first-order valence-electron chi connectivity index (χ1n) is 9.46. The molecule has 2 aromatic heterocycles. The Balaban J connectivity index is 1.45. The van der Waals surface area contributed by atoms with Crippen molar-refractivity contribution in [1.29, 1.82) is 0 Å². The summed E-state index contributed by atoms with van der Waals surface area (Å²) in [5.41, 5.74) is 2.40. The normalized spacial score (nSPS) is 11.8. The maximum atomic E-state index is 13.8. The minimum Gasteiger partial charge on any atom is -0.336 e. The van der Waals surface area contributed by atoms with Crippen LogP contribution < -0.4 is 10.6 Å². The number of carbonyl (C=O) groups is 1. The van der Waals surface area contributed by atoms with Gasteiger partial charge in [-0.15, -0.1) is 0 Å². The zero-order valence-electron chi connectivity index (χ0n) is 16.4. The molecular formula is C22H21FN6O. The van der Waals surface area contributed by atoms with Crippen LogP contribution in [0, 0.1) is 5.82 Å². The van der Waals surface area contributed by atoms with E-state index in [9.17, 15) is 9.18 Å². The maximum absolute atomic E-state index is 13.8. The van der Waals surface area contributed by atoms with Crippen molar-refractivity contribution in [1.82, 2.24) is 30.0 Å². The molecule has 0 spiro atoms. The van der Waals surface area contributed by atoms with Gasteiger partial charge in [0.1, 0.15) is 17.7 Å². The van der Waals surface area contributed by atoms with E-state index in [-0.39, 0.29) is 11.8 Å². The quantitative estimate of drug-likeness (QED) is 0.518. The zero-order chi connectivity index (χ0) is 20.9. The lowest BCUT2D eigenvalue weighted by atomic mass is 10.1. The minimum atomic E-state index is -0.590. The van der Waals surface area contributed by atoms with E-state index in [2.05, 4.69) is 20.7 Å². The number of aromatic nitrogens is 4. The van der Waals surface area contributed by atoms with Crippen LogP contribution in [0.3, 0.4) is 0 Å². The van der Waals surface area contributed by atoms with E-state index in [1.807, 2.05) is 43.6 Å². The predicted octanol–water partition coefficient (Wildman–Crippen LogP) is 3.33. The molecule has 0 aliphatic carbocycles. The number of rotatable bonds is 6. The number of benzene rings is 2. The molecule has 0 saturated carbocycles. The number of nitrogens with one attached hydrogen (secondary N) is 2. The van der Waals surface area contributed by atoms with Crippen LogP contribution in [0.25, 0.3) is 5.69 Å². The van der Waals surface area contributed by atoms with Gasteiger partial charge >= 0.3 is 6.03 Å². The predicted molar refractivity (Wildman–Crippen MR) is 110 cm³/mol. The van der Waals surface area contributed by atoms with Crippen LogP contribution in [0.5, 0.6) is 0 Å². The van der Waals surface area contributed by atoms with Crippen molar-refractivity contribution in [2.75, 3.05) is 0 Å². The van der Waals surface area contributed by atoms with E-state index >= 15 is 0 Å². The first-order chi connectivity index (χ1) is 14.6. The van der Waals surface area contributed by atoms with Crippen LogP contribution in [0.15, 0.2) is 79.4 Å². The lowest BCUT2D eigenvalue weighted by Gasteiger charge is -2.19. The molecule has 30 heavy (non-hydrogen) atoms. The fourth-order valence-corrected chi connectivity index (χ4v) is 3.18. The Bertz CT molecular complexity index is 1140. The van der Waals surface area contributed by atoms with Gasteiger partial charge in [0.15, 0.2) is 0 Å². The zero-order valence-corrected chi connectivity index (χ0v) is 16.4. The summed E-state index contributed by atoms with van der Waals surface area (Å²) in [5, 5.41) is 10.0. The van der Waals surface area contributed by atoms with E-state index in [0.29, 0.717) is 17.9 Å². The highest BCUT2D eigenvalue weighted by atomic mass is 19.1. The smallest absolute Gasteiger partial charge is 0.315 e. The number of aryl methyl sites for hydroxylation is 1. The third-order valence-corrected chi connectivity index (χ3v) is 4.68. The number of urea groups is 1. The molecule has 0 bridgehead atoms. The molecule has 152 valence electrons. The molecule has 8 heteroatoms. The molecule has 0 aliphatic heterocycles. The molecule has 0 saturated heterocycles. The Morgan fingerprint density at radius 1 is 1.17 bits per heavy atom. The van der Waals surface area contributed by atoms with Gasteiger partial charge in [-0.1, -0.05) is 30.3 Å². The molecule has 2 N–H and O–H groups in total. The highest BCUT2D eigenvalue weighted by Gasteiger charge is 2.21. The summed E-state index contributed by atoms with van der Waals surface area (Å²) in [4.78, 5) is 16.9. The van der Waals surface area contributed by atoms with Crippen molar-refractivity contribution in [3.05, 3.63) is 102 Å². The number of nitrogens with zero attached hydrogens (tertiary/aromatic N) is 4. The second-order valence-corrected chi connectivity index (χ2v) is 6.84. The Hall–Kier alpha value is -3.94. The van der Waals surface area contributed by atoms with Crippen molar-refractivity contribution in [3.63, 3.8) is 0 Å². The summed E-state index contributed by atoms with van der Waals surface area (Å²) in [5.74, 6) is 0.231. The first kappa shape index (κ1) is 19.4. The van der Waals surface area contributed by atoms with Gasteiger partial charge in [0, 0.05) is 37.7 Å². The SMILES string of the molecule is Cn1ccnc1[C@H](NC(=O)NCc1cnn(-c2ccccc2)c1)c1cccc(F)c1. The van der Waals surface area contributed by atoms with E-state index in [1.165, 1.54) is 12.1 Å². The summed E-state index contributed by atoms with van der Waals surface area (Å²) in [7, 11) is 1.83. The lowest BCUT2D eigenvalue weighted by Crippen LogP contribution is -2.38. The highest BCUT2D eigenvalue weighted by molar-refractivity contribution is 5.74. The summed E-state index contributed by atoms with van der Waals surface area (Å²) >= 11 is 0. The molecular weight excluding hydrogens is 383 g/mol. The number of hydrogen-bond donors (Lipinski definition) is 2. The molecule has 0 radical (unpaired) electrons. The first-order valence-corrected chi connectivity index (χ1v) is 9.46. The number of hydrogen-bond acceptors (Lipinski definition) is 3. The monoisotopic (exact) mass is 404 g/mol. The molecule has 2 heterocycles. The molecule has 0 unspecified atom stereocenters. The standard InChI is InChI=1S/C22H21FN6O/c1-28-11-10-24-21(28)20(17-6-5-7-18(23)12-17)27-22(30)25-13-16-14-26-29(15-16)19-8-3-2-4-9-19/h2-12,14-15,20H,13H2,1H3,(H2,25,27,30)/t20-/m1/s1. The van der Waals surface area contributed by atoms with Crippen molar-refractivity contribution < 1.29 is 9.18 Å². The molecule has 1 atom stereocenters. The number of carbonyl (C=O) groups excluding carboxylic acids is 1. The molecule has 0 fully saturated rings. The van der Waals surface area contributed by atoms with Crippen molar-refractivity contribution in [3.8, 4) is 5.69 Å². The number of amides is 2. The summed E-state index contributed by atoms with van der Waals surface area (Å²) in [6.07, 6.45) is 6.98. The number of halogens is 1. The lowest BCUT2D eigenvalue weighted by molar-refractivity contribution is 0.237. The fraction of sp³-hybridized carbons (Fsp3) is 0.136. The van der Waals surface area contributed by atoms with Crippen LogP contribution >= 0.6 is 0 Å². The fourth-order valence-electron chi connectivity index (χ4n) is 3.18. The van der Waals surface area contributed by atoms with Crippen LogP contribution in [-0.2, 0) is 13.6 Å². The second-order valence-electron chi connectivity index (χ2n) is 6.84. The molecule has 7 nitrogen and oxygen atoms in total. The van der Waals surface area contributed by atoms with E-state index in [0.717, 1.165) is 11.3 Å². The van der Waals surface area contributed by atoms with Gasteiger partial charge in [-0.05, 0) is 29.8 Å². The van der Waals surface area contributed by atoms with Crippen molar-refractivity contribution >= 4 is 6.03 Å². The van der Waals surface area contributed by atoms with Gasteiger partial charge < -0.3 is 15.2 Å². The van der Waals surface area contributed by atoms with Gasteiger partial charge in [-0.3, -0.25) is 0 Å². The summed E-state index contributed by atoms with van der Waals surface area (Å²) in [6, 6.07) is 14.9. The maximum Gasteiger partial charge on any atom is 0.315 e. The van der Waals surface area contributed by atoms with E-state index < -0.39 is 6.04 Å². The van der Waals surface area contributed by atoms with Gasteiger partial charge in [-0.25, -0.2) is 18.9 Å². The second kappa shape index (κ2) is 8.60. The Morgan fingerprint density at radius 3 is 2.73 bits per heavy atom. The van der Waals surface area contributed by atoms with Crippen molar-refractivity contribution in [2.45, 2.75) is 12.6 Å². The average Bonchev–Trinajstić information content (AvgIpc) is 3.40. The topological polar surface area (TPSA) is 76.8 Å². The van der Waals surface area contributed by atoms with Gasteiger partial charge in [0.05, 0.1) is 11.9 Å². The molecule has 2 aromatic carbocycles. The minimum absolute atomic E-state index is 0.301. The summed E-state index contributed by atoms with van der Waals surface area (Å²) < 4.78 is 17.3. The van der Waals surface area contributed by atoms with Gasteiger partial charge in [-0.2, -0.15) is 5.10 Å². The van der Waals surface area contributed by atoms with Gasteiger partial charge in [0.25, 0.3) is 0 Å². The number of imidazole rings is 1. The molecule has 4 aromatic rings. The van der Waals surface area contributed by atoms with Gasteiger partial charge in [0.2, 0.25) is 0 Å². The average molecular weight is 404 g/mol. The summed E-state index contributed by atoms with van der Waals surface area (Å²) in [6.45, 7) is 0.301. The Labute approximate surface area is 173 Å². The van der Waals surface area contributed by atoms with Crippen LogP contribution in [0.4, 0.5) is 9.18 Å². The Morgan fingerprint density at radius 2 is 2.00 bits per heavy atom. The largest absolute Gasteiger partial charge is 0.336 e. The third-order valence-electron chi connectivity index (χ3n) is 4.68. The molecule has 4 rings (SSSR count). The van der Waals surface area contributed by atoms with E-state index in [4.69, 9.17) is 0 Å². The Kier molecular flexibility index (Phi) is 5.56. The third kappa shape index (κ3) is 4.38. The van der Waals surface area contributed by atoms with Crippen LogP contribution in [0.2, 0.25) is 0 Å². The molecule has 0 aliphatic rings. The van der Waals surface area contributed by atoms with E-state index in [1.54, 1.807) is 40.0 Å². The highest BCUT2D eigenvalue weighted by Crippen LogP contribution is 2.21. The van der Waals surface area contributed by atoms with Crippen molar-refractivity contribution in [2.24, 2.45) is 7.05 Å². The molecule has 2 amide bonds.